The molecule has 1 N–H and O–H groups in total. The zero-order chi connectivity index (χ0) is 23.7. The molecule has 0 amide bonds. The first-order valence-corrected chi connectivity index (χ1v) is 11.0. The molecular weight excluding hydrogens is 557 g/mol. The van der Waals surface area contributed by atoms with Crippen LogP contribution in [0.25, 0.3) is 11.3 Å². The Hall–Kier alpha value is -2.17. The van der Waals surface area contributed by atoms with Crippen LogP contribution in [-0.4, -0.2) is 43.4 Å². The lowest BCUT2D eigenvalue weighted by molar-refractivity contribution is -0.494. The highest BCUT2D eigenvalue weighted by molar-refractivity contribution is 9.10. The summed E-state index contributed by atoms with van der Waals surface area (Å²) in [5.74, 6) is 1.53. The summed E-state index contributed by atoms with van der Waals surface area (Å²) in [6, 6.07) is 16.2. The molecule has 0 saturated heterocycles. The van der Waals surface area contributed by atoms with Crippen molar-refractivity contribution in [3.63, 3.8) is 0 Å². The van der Waals surface area contributed by atoms with E-state index in [9.17, 15) is 17.3 Å². The summed E-state index contributed by atoms with van der Waals surface area (Å²) in [7, 11) is -4.08. The predicted molar refractivity (Wildman–Crippen MR) is 128 cm³/mol. The molecule has 0 unspecified atom stereocenters. The van der Waals surface area contributed by atoms with Crippen molar-refractivity contribution >= 4 is 56.7 Å². The largest absolute Gasteiger partial charge is 0.673 e. The number of nitrogens with zero attached hydrogens (tertiary/aromatic N) is 1. The van der Waals surface area contributed by atoms with Crippen LogP contribution in [0.15, 0.2) is 81.5 Å². The van der Waals surface area contributed by atoms with Crippen LogP contribution in [0.3, 0.4) is 0 Å². The average molecular weight is 577 g/mol. The van der Waals surface area contributed by atoms with Crippen LogP contribution in [0.1, 0.15) is 11.1 Å². The highest BCUT2D eigenvalue weighted by Gasteiger charge is 2.20. The lowest BCUT2D eigenvalue weighted by Crippen LogP contribution is -2.11. The molecule has 0 spiro atoms. The maximum absolute atomic E-state index is 9.75. The molecule has 3 rings (SSSR count). The van der Waals surface area contributed by atoms with Gasteiger partial charge in [0.1, 0.15) is 25.2 Å². The molecule has 0 fully saturated rings. The molecule has 0 radical (unpaired) electrons. The van der Waals surface area contributed by atoms with Gasteiger partial charge in [-0.1, -0.05) is 56.1 Å². The second-order valence-electron chi connectivity index (χ2n) is 6.65. The smallest absolute Gasteiger partial charge is 0.456 e. The van der Waals surface area contributed by atoms with Crippen LogP contribution < -0.4 is 0 Å². The zero-order valence-corrected chi connectivity index (χ0v) is 20.2. The minimum absolute atomic E-state index is 0.110. The van der Waals surface area contributed by atoms with Gasteiger partial charge in [0.2, 0.25) is 0 Å². The average Bonchev–Trinajstić information content (AvgIpc) is 2.71. The van der Waals surface area contributed by atoms with E-state index < -0.39 is 7.25 Å². The number of likely N-dealkylation sites (N-methyl/N-ethyl adjacent to an activating group) is 1. The van der Waals surface area contributed by atoms with Crippen molar-refractivity contribution < 1.29 is 31.7 Å². The van der Waals surface area contributed by atoms with E-state index in [2.05, 4.69) is 50.1 Å². The van der Waals surface area contributed by atoms with Gasteiger partial charge in [-0.25, -0.2) is 4.58 Å². The van der Waals surface area contributed by atoms with E-state index in [0.717, 1.165) is 37.2 Å². The second-order valence-corrected chi connectivity index (χ2v) is 8.48. The molecular formula is C22H20BBr2F4NO2. The van der Waals surface area contributed by atoms with E-state index in [0.29, 0.717) is 6.54 Å². The first-order chi connectivity index (χ1) is 15.0. The Morgan fingerprint density at radius 1 is 0.969 bits per heavy atom. The Morgan fingerprint density at radius 2 is 1.53 bits per heavy atom. The Bertz CT molecular complexity index is 1060. The highest BCUT2D eigenvalue weighted by atomic mass is 79.9. The van der Waals surface area contributed by atoms with Crippen LogP contribution in [0.2, 0.25) is 0 Å². The van der Waals surface area contributed by atoms with E-state index in [1.165, 1.54) is 0 Å². The Kier molecular flexibility index (Phi) is 9.93. The molecule has 1 aliphatic heterocycles. The van der Waals surface area contributed by atoms with E-state index in [1.54, 1.807) is 0 Å². The third-order valence-electron chi connectivity index (χ3n) is 4.03. The van der Waals surface area contributed by atoms with Crippen molar-refractivity contribution in [1.29, 1.82) is 0 Å². The van der Waals surface area contributed by atoms with Gasteiger partial charge in [-0.15, -0.1) is 0 Å². The van der Waals surface area contributed by atoms with Gasteiger partial charge in [0.25, 0.3) is 0 Å². The van der Waals surface area contributed by atoms with Crippen molar-refractivity contribution in [2.75, 3.05) is 20.2 Å². The lowest BCUT2D eigenvalue weighted by Gasteiger charge is -2.18. The number of rotatable bonds is 5. The molecule has 1 heterocycles. The topological polar surface area (TPSA) is 32.5 Å². The summed E-state index contributed by atoms with van der Waals surface area (Å²) in [5, 5.41) is 9.06. The molecule has 0 atom stereocenters. The summed E-state index contributed by atoms with van der Waals surface area (Å²) in [5.41, 5.74) is 3.18. The van der Waals surface area contributed by atoms with Crippen LogP contribution >= 0.6 is 31.9 Å². The van der Waals surface area contributed by atoms with Gasteiger partial charge in [-0.2, -0.15) is 0 Å². The first kappa shape index (κ1) is 26.1. The maximum Gasteiger partial charge on any atom is 0.673 e. The van der Waals surface area contributed by atoms with Crippen molar-refractivity contribution in [3.05, 3.63) is 92.6 Å². The quantitative estimate of drug-likeness (QED) is 0.189. The lowest BCUT2D eigenvalue weighted by atomic mass is 10.0. The van der Waals surface area contributed by atoms with E-state index in [1.807, 2.05) is 66.4 Å². The third-order valence-corrected chi connectivity index (χ3v) is 5.01. The summed E-state index contributed by atoms with van der Waals surface area (Å²) in [6.07, 6.45) is 7.90. The molecule has 1 aliphatic rings. The Labute approximate surface area is 200 Å². The van der Waals surface area contributed by atoms with E-state index in [-0.39, 0.29) is 6.61 Å². The number of aliphatic hydroxyl groups excluding tert-OH is 1. The molecule has 170 valence electrons. The zero-order valence-electron chi connectivity index (χ0n) is 17.0. The van der Waals surface area contributed by atoms with E-state index >= 15 is 0 Å². The maximum atomic E-state index is 9.75. The van der Waals surface area contributed by atoms with Crippen LogP contribution in [0.5, 0.6) is 0 Å². The normalized spacial score (nSPS) is 15.4. The van der Waals surface area contributed by atoms with Crippen molar-refractivity contribution in [1.82, 2.24) is 0 Å². The summed E-state index contributed by atoms with van der Waals surface area (Å²) in [6.45, 7) is 0.680. The van der Waals surface area contributed by atoms with Gasteiger partial charge in [-0.3, -0.25) is 0 Å². The SMILES string of the molecule is C[N+](=C/C=C1\C=C(c2cccc(Br)c2)C=C(c2cccc(Br)c2)O1)CCO.F[B-](F)(F)F. The van der Waals surface area contributed by atoms with Gasteiger partial charge < -0.3 is 27.1 Å². The molecule has 0 bridgehead atoms. The molecule has 2 aromatic carbocycles. The fourth-order valence-corrected chi connectivity index (χ4v) is 3.45. The second kappa shape index (κ2) is 12.2. The Balaban J connectivity index is 0.000000654. The number of halogens is 6. The fraction of sp³-hybridized carbons (Fsp3) is 0.136. The minimum Gasteiger partial charge on any atom is -0.456 e. The van der Waals surface area contributed by atoms with Gasteiger partial charge in [0.15, 0.2) is 12.8 Å². The molecule has 3 nitrogen and oxygen atoms in total. The molecule has 0 aromatic heterocycles. The van der Waals surface area contributed by atoms with Gasteiger partial charge in [-0.05, 0) is 47.6 Å². The minimum atomic E-state index is -6.00. The van der Waals surface area contributed by atoms with Gasteiger partial charge in [0, 0.05) is 20.6 Å². The van der Waals surface area contributed by atoms with Crippen molar-refractivity contribution in [2.24, 2.45) is 0 Å². The molecule has 0 aliphatic carbocycles. The van der Waals surface area contributed by atoms with Crippen LogP contribution in [0.4, 0.5) is 17.3 Å². The van der Waals surface area contributed by atoms with Gasteiger partial charge >= 0.3 is 7.25 Å². The first-order valence-electron chi connectivity index (χ1n) is 9.42. The Morgan fingerprint density at radius 3 is 2.09 bits per heavy atom. The number of hydrogen-bond acceptors (Lipinski definition) is 2. The fourth-order valence-electron chi connectivity index (χ4n) is 2.66. The van der Waals surface area contributed by atoms with Crippen LogP contribution in [0, 0.1) is 0 Å². The molecule has 32 heavy (non-hydrogen) atoms. The monoisotopic (exact) mass is 575 g/mol. The van der Waals surface area contributed by atoms with Crippen LogP contribution in [-0.2, 0) is 4.74 Å². The predicted octanol–water partition coefficient (Wildman–Crippen LogP) is 6.56. The molecule has 2 aromatic rings. The number of allylic oxidation sites excluding steroid dienone is 4. The van der Waals surface area contributed by atoms with Crippen molar-refractivity contribution in [2.45, 2.75) is 0 Å². The third kappa shape index (κ3) is 9.54. The summed E-state index contributed by atoms with van der Waals surface area (Å²) in [4.78, 5) is 0. The number of ether oxygens (including phenoxy) is 1. The summed E-state index contributed by atoms with van der Waals surface area (Å²) < 4.78 is 49.1. The van der Waals surface area contributed by atoms with Crippen molar-refractivity contribution in [3.8, 4) is 0 Å². The van der Waals surface area contributed by atoms with Gasteiger partial charge in [0.05, 0.1) is 0 Å². The highest BCUT2D eigenvalue weighted by Crippen LogP contribution is 2.33. The number of hydrogen-bond donors (Lipinski definition) is 1. The summed E-state index contributed by atoms with van der Waals surface area (Å²) >= 11 is 7.07. The van der Waals surface area contributed by atoms with E-state index in [4.69, 9.17) is 9.84 Å². The molecule has 10 heteroatoms. The molecule has 0 saturated carbocycles. The number of aliphatic hydroxyl groups is 1. The standard InChI is InChI=1S/C22H20Br2NO2.BF4/c1-25(10-11-26)9-8-21-14-18(16-4-2-6-19(23)12-16)15-22(27-21)17-5-3-7-20(24)13-17;2-1(3,4)5/h2-9,12-15,26H,10-11H2,1H3;/q+1;-1/b21-8+,25-9?;. The number of benzene rings is 2.